The highest BCUT2D eigenvalue weighted by molar-refractivity contribution is 6.07. The van der Waals surface area contributed by atoms with E-state index < -0.39 is 11.0 Å². The van der Waals surface area contributed by atoms with Gasteiger partial charge in [0.1, 0.15) is 0 Å². The molecule has 3 heterocycles. The summed E-state index contributed by atoms with van der Waals surface area (Å²) in [6.45, 7) is 1.95. The number of aliphatic imine (C=N–C) groups is 1. The predicted octanol–water partition coefficient (Wildman–Crippen LogP) is 1.86. The number of nitrogens with zero attached hydrogens (tertiary/aromatic N) is 5. The van der Waals surface area contributed by atoms with E-state index in [0.29, 0.717) is 18.7 Å². The minimum absolute atomic E-state index is 0.0333. The van der Waals surface area contributed by atoms with E-state index in [1.165, 1.54) is 4.90 Å². The summed E-state index contributed by atoms with van der Waals surface area (Å²) < 4.78 is 1.72. The van der Waals surface area contributed by atoms with Gasteiger partial charge in [0.25, 0.3) is 5.91 Å². The summed E-state index contributed by atoms with van der Waals surface area (Å²) >= 11 is 0. The average Bonchev–Trinajstić information content (AvgIpc) is 3.38. The molecule has 0 saturated carbocycles. The van der Waals surface area contributed by atoms with Crippen LogP contribution in [0.3, 0.4) is 0 Å². The molecule has 1 amide bonds. The highest BCUT2D eigenvalue weighted by Gasteiger charge is 2.55. The molecule has 1 aromatic carbocycles. The first kappa shape index (κ1) is 19.4. The lowest BCUT2D eigenvalue weighted by atomic mass is 9.64. The molecule has 8 heteroatoms. The van der Waals surface area contributed by atoms with Crippen LogP contribution in [0.2, 0.25) is 0 Å². The quantitative estimate of drug-likeness (QED) is 0.677. The second-order valence-electron chi connectivity index (χ2n) is 8.71. The van der Waals surface area contributed by atoms with Gasteiger partial charge in [0.05, 0.1) is 0 Å². The number of benzene rings is 1. The lowest BCUT2D eigenvalue weighted by molar-refractivity contribution is -0.132. The van der Waals surface area contributed by atoms with E-state index in [4.69, 9.17) is 5.73 Å². The van der Waals surface area contributed by atoms with Crippen LogP contribution in [-0.4, -0.2) is 50.3 Å². The van der Waals surface area contributed by atoms with Crippen molar-refractivity contribution in [1.82, 2.24) is 19.7 Å². The molecule has 0 fully saturated rings. The van der Waals surface area contributed by atoms with Crippen LogP contribution < -0.4 is 5.73 Å². The van der Waals surface area contributed by atoms with Crippen LogP contribution >= 0.6 is 0 Å². The largest absolute Gasteiger partial charge is 0.396 e. The van der Waals surface area contributed by atoms with Crippen LogP contribution in [0.15, 0.2) is 60.0 Å². The van der Waals surface area contributed by atoms with Crippen LogP contribution in [0, 0.1) is 5.41 Å². The van der Waals surface area contributed by atoms with Crippen molar-refractivity contribution in [2.24, 2.45) is 16.1 Å². The van der Waals surface area contributed by atoms with Crippen molar-refractivity contribution < 1.29 is 9.90 Å². The molecule has 31 heavy (non-hydrogen) atoms. The Bertz CT molecular complexity index is 1200. The molecule has 2 aromatic heterocycles. The fourth-order valence-electron chi connectivity index (χ4n) is 4.82. The Hall–Kier alpha value is -3.52. The number of carbonyl (C=O) groups excluding carboxylic acids is 1. The zero-order valence-corrected chi connectivity index (χ0v) is 17.5. The number of fused-ring (bicyclic) bond motifs is 2. The summed E-state index contributed by atoms with van der Waals surface area (Å²) in [5, 5.41) is 14.4. The Labute approximate surface area is 180 Å². The number of aliphatic hydroxyl groups excluding tert-OH is 1. The summed E-state index contributed by atoms with van der Waals surface area (Å²) in [5.74, 6) is 0.735. The lowest BCUT2D eigenvalue weighted by Gasteiger charge is -2.42. The first-order chi connectivity index (χ1) is 14.9. The van der Waals surface area contributed by atoms with Gasteiger partial charge in [-0.05, 0) is 59.2 Å². The number of guanidine groups is 1. The molecular weight excluding hydrogens is 392 g/mol. The smallest absolute Gasteiger partial charge is 0.261 e. The zero-order valence-electron chi connectivity index (χ0n) is 17.5. The van der Waals surface area contributed by atoms with Crippen LogP contribution in [0.1, 0.15) is 24.5 Å². The van der Waals surface area contributed by atoms with Crippen molar-refractivity contribution in [2.45, 2.75) is 25.3 Å². The molecule has 3 aromatic rings. The fourth-order valence-corrected chi connectivity index (χ4v) is 4.82. The molecule has 1 aliphatic heterocycles. The molecule has 2 aliphatic rings. The number of carbonyl (C=O) groups is 1. The van der Waals surface area contributed by atoms with Gasteiger partial charge in [0.15, 0.2) is 17.3 Å². The minimum atomic E-state index is -1.13. The molecule has 5 rings (SSSR count). The number of pyridine rings is 1. The molecule has 0 bridgehead atoms. The number of aliphatic hydroxyl groups is 1. The van der Waals surface area contributed by atoms with Gasteiger partial charge in [-0.25, -0.2) is 14.7 Å². The summed E-state index contributed by atoms with van der Waals surface area (Å²) in [7, 11) is 1.64. The first-order valence-electron chi connectivity index (χ1n) is 10.2. The molecule has 0 unspecified atom stereocenters. The number of likely N-dealkylation sites (N-methyl/N-ethyl adjacent to an activating group) is 1. The van der Waals surface area contributed by atoms with E-state index in [1.54, 1.807) is 24.1 Å². The van der Waals surface area contributed by atoms with Crippen LogP contribution in [0.4, 0.5) is 0 Å². The molecule has 1 spiro atoms. The van der Waals surface area contributed by atoms with Crippen molar-refractivity contribution in [2.75, 3.05) is 13.7 Å². The van der Waals surface area contributed by atoms with Gasteiger partial charge in [-0.1, -0.05) is 19.1 Å². The Morgan fingerprint density at radius 2 is 2.06 bits per heavy atom. The van der Waals surface area contributed by atoms with E-state index in [-0.39, 0.29) is 18.5 Å². The van der Waals surface area contributed by atoms with Gasteiger partial charge in [-0.15, -0.1) is 0 Å². The molecule has 8 nitrogen and oxygen atoms in total. The highest BCUT2D eigenvalue weighted by atomic mass is 16.3. The van der Waals surface area contributed by atoms with E-state index in [0.717, 1.165) is 22.3 Å². The maximum atomic E-state index is 13.4. The fraction of sp³-hybridized carbons (Fsp3) is 0.304. The van der Waals surface area contributed by atoms with Gasteiger partial charge in [0.2, 0.25) is 0 Å². The summed E-state index contributed by atoms with van der Waals surface area (Å²) in [5.41, 5.74) is 8.12. The number of hydrogen-bond acceptors (Lipinski definition) is 6. The number of rotatable bonds is 3. The molecule has 0 saturated heterocycles. The zero-order chi connectivity index (χ0) is 21.8. The number of nitrogens with two attached hydrogens (primary N) is 1. The molecule has 3 N–H and O–H groups in total. The Morgan fingerprint density at radius 3 is 2.74 bits per heavy atom. The molecule has 158 valence electrons. The molecule has 0 radical (unpaired) electrons. The first-order valence-corrected chi connectivity index (χ1v) is 10.2. The second kappa shape index (κ2) is 6.75. The minimum Gasteiger partial charge on any atom is -0.396 e. The van der Waals surface area contributed by atoms with Crippen molar-refractivity contribution in [3.05, 3.63) is 66.1 Å². The number of aromatic nitrogens is 3. The van der Waals surface area contributed by atoms with Gasteiger partial charge >= 0.3 is 0 Å². The Balaban J connectivity index is 1.71. The standard InChI is InChI=1S/C23H24N6O2/c1-22(14-30)12-16-7-6-15(17-5-3-8-25-19(17)29-10-4-9-26-29)11-18(16)23(13-22)20(31)28(2)21(24)27-23/h3-11,30H,12-14H2,1-2H3,(H2,24,27)/t22-,23+/m0/s1. The van der Waals surface area contributed by atoms with Crippen LogP contribution in [0.25, 0.3) is 16.9 Å². The van der Waals surface area contributed by atoms with E-state index in [9.17, 15) is 9.90 Å². The molecule has 2 atom stereocenters. The van der Waals surface area contributed by atoms with Gasteiger partial charge < -0.3 is 10.8 Å². The Kier molecular flexibility index (Phi) is 4.23. The third-order valence-corrected chi connectivity index (χ3v) is 6.36. The van der Waals surface area contributed by atoms with Gasteiger partial charge in [-0.2, -0.15) is 5.10 Å². The summed E-state index contributed by atoms with van der Waals surface area (Å²) in [6, 6.07) is 11.8. The van der Waals surface area contributed by atoms with Crippen molar-refractivity contribution in [1.29, 1.82) is 0 Å². The average molecular weight is 416 g/mol. The third kappa shape index (κ3) is 2.86. The van der Waals surface area contributed by atoms with Gasteiger partial charge in [-0.3, -0.25) is 9.69 Å². The number of amides is 1. The van der Waals surface area contributed by atoms with Crippen molar-refractivity contribution >= 4 is 11.9 Å². The summed E-state index contributed by atoms with van der Waals surface area (Å²) in [6.07, 6.45) is 6.34. The van der Waals surface area contributed by atoms with Gasteiger partial charge in [0, 0.05) is 37.8 Å². The lowest BCUT2D eigenvalue weighted by Crippen LogP contribution is -2.47. The number of hydrogen-bond donors (Lipinski definition) is 2. The van der Waals surface area contributed by atoms with Crippen molar-refractivity contribution in [3.63, 3.8) is 0 Å². The third-order valence-electron chi connectivity index (χ3n) is 6.36. The Morgan fingerprint density at radius 1 is 1.23 bits per heavy atom. The van der Waals surface area contributed by atoms with E-state index >= 15 is 0 Å². The van der Waals surface area contributed by atoms with Crippen LogP contribution in [-0.2, 0) is 16.8 Å². The molecular formula is C23H24N6O2. The maximum absolute atomic E-state index is 13.4. The molecule has 1 aliphatic carbocycles. The van der Waals surface area contributed by atoms with E-state index in [1.807, 2.05) is 49.5 Å². The predicted molar refractivity (Wildman–Crippen MR) is 116 cm³/mol. The maximum Gasteiger partial charge on any atom is 0.261 e. The SMILES string of the molecule is CN1C(=O)[C@]2(C[C@@](C)(CO)Cc3ccc(-c4cccnc4-n4cccn4)cc32)N=C1N. The van der Waals surface area contributed by atoms with Crippen molar-refractivity contribution in [3.8, 4) is 16.9 Å². The normalized spacial score (nSPS) is 25.1. The topological polar surface area (TPSA) is 110 Å². The highest BCUT2D eigenvalue weighted by Crippen LogP contribution is 2.50. The monoisotopic (exact) mass is 416 g/mol. The summed E-state index contributed by atoms with van der Waals surface area (Å²) in [4.78, 5) is 24.0. The second-order valence-corrected chi connectivity index (χ2v) is 8.71. The van der Waals surface area contributed by atoms with Crippen LogP contribution in [0.5, 0.6) is 0 Å². The van der Waals surface area contributed by atoms with E-state index in [2.05, 4.69) is 15.1 Å².